The number of likely N-dealkylation sites (tertiary alicyclic amines) is 1. The molecule has 2 N–H and O–H groups in total. The Kier molecular flexibility index (Phi) is 3.54. The molecule has 1 aliphatic rings. The third-order valence-corrected chi connectivity index (χ3v) is 3.40. The normalized spacial score (nSPS) is 24.1. The number of carbonyl (C=O) groups excluding carboxylic acids is 1. The van der Waals surface area contributed by atoms with Crippen LogP contribution in [-0.2, 0) is 11.0 Å². The molecule has 3 nitrogen and oxygen atoms in total. The summed E-state index contributed by atoms with van der Waals surface area (Å²) in [5, 5.41) is 0. The Balaban J connectivity index is 2.49. The molecule has 104 valence electrons. The molecule has 1 aromatic carbocycles. The molecule has 2 rings (SSSR count). The van der Waals surface area contributed by atoms with Gasteiger partial charge >= 0.3 is 6.18 Å². The van der Waals surface area contributed by atoms with Crippen molar-refractivity contribution in [3.8, 4) is 0 Å². The van der Waals surface area contributed by atoms with Gasteiger partial charge in [-0.2, -0.15) is 13.2 Å². The number of carbonyl (C=O) groups is 1. The lowest BCUT2D eigenvalue weighted by Crippen LogP contribution is -2.34. The smallest absolute Gasteiger partial charge is 0.334 e. The minimum Gasteiger partial charge on any atom is -0.334 e. The van der Waals surface area contributed by atoms with Crippen LogP contribution in [0.2, 0.25) is 0 Å². The number of hydrogen-bond donors (Lipinski definition) is 1. The number of rotatable bonds is 2. The average Bonchev–Trinajstić information content (AvgIpc) is 2.62. The second-order valence-corrected chi connectivity index (χ2v) is 4.58. The summed E-state index contributed by atoms with van der Waals surface area (Å²) in [5.74, 6) is -0.197. The predicted molar refractivity (Wildman–Crippen MR) is 64.2 cm³/mol. The highest BCUT2D eigenvalue weighted by molar-refractivity contribution is 5.80. The summed E-state index contributed by atoms with van der Waals surface area (Å²) in [5.41, 5.74) is 5.21. The molecule has 2 unspecified atom stereocenters. The summed E-state index contributed by atoms with van der Waals surface area (Å²) < 4.78 is 39.0. The molecular formula is C13H15F3N2O. The number of benzene rings is 1. The van der Waals surface area contributed by atoms with Crippen molar-refractivity contribution in [2.24, 2.45) is 5.73 Å². The fourth-order valence-corrected chi connectivity index (χ4v) is 2.60. The number of alkyl halides is 3. The van der Waals surface area contributed by atoms with Crippen LogP contribution in [0, 0.1) is 0 Å². The minimum atomic E-state index is -4.44. The summed E-state index contributed by atoms with van der Waals surface area (Å²) in [6.45, 7) is 2.09. The zero-order valence-corrected chi connectivity index (χ0v) is 10.4. The molecule has 0 bridgehead atoms. The van der Waals surface area contributed by atoms with Crippen LogP contribution in [0.4, 0.5) is 13.2 Å². The van der Waals surface area contributed by atoms with Gasteiger partial charge in [0.15, 0.2) is 0 Å². The van der Waals surface area contributed by atoms with Crippen LogP contribution in [0.1, 0.15) is 30.5 Å². The molecule has 1 aromatic rings. The zero-order chi connectivity index (χ0) is 14.2. The van der Waals surface area contributed by atoms with E-state index in [1.54, 1.807) is 6.92 Å². The number of nitrogens with two attached hydrogens (primary N) is 1. The van der Waals surface area contributed by atoms with Gasteiger partial charge in [-0.25, -0.2) is 0 Å². The van der Waals surface area contributed by atoms with E-state index in [1.165, 1.54) is 23.1 Å². The number of halogens is 3. The minimum absolute atomic E-state index is 0.0789. The van der Waals surface area contributed by atoms with Crippen LogP contribution in [0.5, 0.6) is 0 Å². The first kappa shape index (κ1) is 13.9. The highest BCUT2D eigenvalue weighted by Crippen LogP contribution is 2.39. The van der Waals surface area contributed by atoms with E-state index in [4.69, 9.17) is 5.73 Å². The van der Waals surface area contributed by atoms with E-state index >= 15 is 0 Å². The van der Waals surface area contributed by atoms with Crippen LogP contribution >= 0.6 is 0 Å². The fourth-order valence-electron chi connectivity index (χ4n) is 2.60. The summed E-state index contributed by atoms with van der Waals surface area (Å²) in [6.07, 6.45) is -4.36. The second kappa shape index (κ2) is 4.85. The number of likely N-dealkylation sites (N-methyl/N-ethyl adjacent to an activating group) is 1. The summed E-state index contributed by atoms with van der Waals surface area (Å²) >= 11 is 0. The third-order valence-electron chi connectivity index (χ3n) is 3.40. The first-order chi connectivity index (χ1) is 8.86. The molecule has 19 heavy (non-hydrogen) atoms. The monoisotopic (exact) mass is 272 g/mol. The lowest BCUT2D eigenvalue weighted by molar-refractivity contribution is -0.139. The Morgan fingerprint density at radius 3 is 2.58 bits per heavy atom. The quantitative estimate of drug-likeness (QED) is 0.898. The van der Waals surface area contributed by atoms with E-state index in [-0.39, 0.29) is 17.9 Å². The largest absolute Gasteiger partial charge is 0.416 e. The van der Waals surface area contributed by atoms with Gasteiger partial charge in [0.05, 0.1) is 11.6 Å². The fraction of sp³-hybridized carbons (Fsp3) is 0.462. The predicted octanol–water partition coefficient (Wildman–Crippen LogP) is 2.33. The van der Waals surface area contributed by atoms with Crippen molar-refractivity contribution in [1.29, 1.82) is 0 Å². The zero-order valence-electron chi connectivity index (χ0n) is 10.4. The topological polar surface area (TPSA) is 46.3 Å². The van der Waals surface area contributed by atoms with Crippen molar-refractivity contribution in [2.45, 2.75) is 31.6 Å². The molecule has 1 heterocycles. The van der Waals surface area contributed by atoms with E-state index in [2.05, 4.69) is 0 Å². The second-order valence-electron chi connectivity index (χ2n) is 4.58. The molecule has 0 aliphatic carbocycles. The Morgan fingerprint density at radius 2 is 2.00 bits per heavy atom. The third kappa shape index (κ3) is 2.45. The van der Waals surface area contributed by atoms with Crippen molar-refractivity contribution in [2.75, 3.05) is 6.54 Å². The van der Waals surface area contributed by atoms with E-state index in [0.29, 0.717) is 6.54 Å². The van der Waals surface area contributed by atoms with Gasteiger partial charge in [-0.15, -0.1) is 0 Å². The highest BCUT2D eigenvalue weighted by atomic mass is 19.4. The van der Waals surface area contributed by atoms with E-state index in [0.717, 1.165) is 6.07 Å². The van der Waals surface area contributed by atoms with Crippen molar-refractivity contribution in [3.63, 3.8) is 0 Å². The van der Waals surface area contributed by atoms with Crippen molar-refractivity contribution >= 4 is 5.91 Å². The van der Waals surface area contributed by atoms with Gasteiger partial charge in [-0.1, -0.05) is 18.2 Å². The van der Waals surface area contributed by atoms with Crippen LogP contribution in [0.3, 0.4) is 0 Å². The van der Waals surface area contributed by atoms with Crippen molar-refractivity contribution in [3.05, 3.63) is 35.4 Å². The maximum atomic E-state index is 13.0. The molecule has 1 fully saturated rings. The van der Waals surface area contributed by atoms with Gasteiger partial charge < -0.3 is 10.6 Å². The lowest BCUT2D eigenvalue weighted by Gasteiger charge is -2.28. The SMILES string of the molecule is CCN1C(=O)CC(N)C1c1ccccc1C(F)(F)F. The Morgan fingerprint density at radius 1 is 1.37 bits per heavy atom. The average molecular weight is 272 g/mol. The van der Waals surface area contributed by atoms with Gasteiger partial charge in [-0.05, 0) is 18.6 Å². The van der Waals surface area contributed by atoms with Crippen LogP contribution in [0.25, 0.3) is 0 Å². The van der Waals surface area contributed by atoms with Crippen LogP contribution in [0.15, 0.2) is 24.3 Å². The van der Waals surface area contributed by atoms with Crippen LogP contribution < -0.4 is 5.73 Å². The Bertz CT molecular complexity index is 487. The molecule has 2 atom stereocenters. The number of nitrogens with zero attached hydrogens (tertiary/aromatic N) is 1. The maximum absolute atomic E-state index is 13.0. The Labute approximate surface area is 109 Å². The van der Waals surface area contributed by atoms with Gasteiger partial charge in [0.25, 0.3) is 0 Å². The molecule has 0 spiro atoms. The first-order valence-electron chi connectivity index (χ1n) is 6.07. The summed E-state index contributed by atoms with van der Waals surface area (Å²) in [7, 11) is 0. The molecule has 1 amide bonds. The molecule has 6 heteroatoms. The van der Waals surface area contributed by atoms with Crippen molar-refractivity contribution < 1.29 is 18.0 Å². The van der Waals surface area contributed by atoms with Gasteiger partial charge in [0.2, 0.25) is 5.91 Å². The summed E-state index contributed by atoms with van der Waals surface area (Å²) in [4.78, 5) is 13.1. The lowest BCUT2D eigenvalue weighted by atomic mass is 9.95. The molecular weight excluding hydrogens is 257 g/mol. The van der Waals surface area contributed by atoms with Crippen LogP contribution in [-0.4, -0.2) is 23.4 Å². The number of hydrogen-bond acceptors (Lipinski definition) is 2. The van der Waals surface area contributed by atoms with Gasteiger partial charge in [-0.3, -0.25) is 4.79 Å². The molecule has 1 aliphatic heterocycles. The molecule has 0 saturated carbocycles. The summed E-state index contributed by atoms with van der Waals surface area (Å²) in [6, 6.07) is 4.00. The maximum Gasteiger partial charge on any atom is 0.416 e. The molecule has 0 aromatic heterocycles. The number of amides is 1. The van der Waals surface area contributed by atoms with Gasteiger partial charge in [0.1, 0.15) is 0 Å². The molecule has 1 saturated heterocycles. The standard InChI is InChI=1S/C13H15F3N2O/c1-2-18-11(19)7-10(17)12(18)8-5-3-4-6-9(8)13(14,15)16/h3-6,10,12H,2,7,17H2,1H3. The van der Waals surface area contributed by atoms with E-state index in [9.17, 15) is 18.0 Å². The highest BCUT2D eigenvalue weighted by Gasteiger charge is 2.42. The van der Waals surface area contributed by atoms with E-state index in [1.807, 2.05) is 0 Å². The molecule has 0 radical (unpaired) electrons. The first-order valence-corrected chi connectivity index (χ1v) is 6.07. The van der Waals surface area contributed by atoms with Gasteiger partial charge in [0, 0.05) is 19.0 Å². The Hall–Kier alpha value is -1.56. The van der Waals surface area contributed by atoms with Crippen molar-refractivity contribution in [1.82, 2.24) is 4.90 Å². The van der Waals surface area contributed by atoms with E-state index < -0.39 is 23.8 Å².